The zero-order chi connectivity index (χ0) is 19.4. The summed E-state index contributed by atoms with van der Waals surface area (Å²) in [6, 6.07) is 5.28. The van der Waals surface area contributed by atoms with E-state index in [2.05, 4.69) is 10.6 Å². The Morgan fingerprint density at radius 3 is 2.59 bits per heavy atom. The first-order chi connectivity index (χ1) is 12.9. The number of hydrogen-bond acceptors (Lipinski definition) is 5. The number of benzene rings is 1. The molecule has 2 fully saturated rings. The second-order valence-electron chi connectivity index (χ2n) is 7.45. The van der Waals surface area contributed by atoms with Gasteiger partial charge in [-0.2, -0.15) is 0 Å². The summed E-state index contributed by atoms with van der Waals surface area (Å²) in [6.07, 6.45) is 4.49. The molecule has 1 saturated carbocycles. The number of piperidine rings is 1. The Balaban J connectivity index is 1.48. The van der Waals surface area contributed by atoms with E-state index in [1.807, 2.05) is 0 Å². The zero-order valence-corrected chi connectivity index (χ0v) is 15.5. The average Bonchev–Trinajstić information content (AvgIpc) is 3.50. The number of nitrogens with one attached hydrogen (secondary N) is 2. The quantitative estimate of drug-likeness (QED) is 0.558. The summed E-state index contributed by atoms with van der Waals surface area (Å²) in [5, 5.41) is 17.1. The van der Waals surface area contributed by atoms with E-state index < -0.39 is 16.9 Å². The number of rotatable bonds is 7. The number of non-ortho nitro benzene ring substituents is 1. The summed E-state index contributed by atoms with van der Waals surface area (Å²) in [6.45, 7) is 4.08. The number of likely N-dealkylation sites (tertiary alicyclic amines) is 1. The van der Waals surface area contributed by atoms with Crippen molar-refractivity contribution in [1.82, 2.24) is 15.5 Å². The predicted octanol–water partition coefficient (Wildman–Crippen LogP) is 1.70. The van der Waals surface area contributed by atoms with Gasteiger partial charge in [-0.3, -0.25) is 19.7 Å². The van der Waals surface area contributed by atoms with Gasteiger partial charge in [0.1, 0.15) is 6.04 Å². The fourth-order valence-electron chi connectivity index (χ4n) is 3.34. The van der Waals surface area contributed by atoms with E-state index in [0.717, 1.165) is 25.3 Å². The first-order valence-electron chi connectivity index (χ1n) is 9.51. The van der Waals surface area contributed by atoms with Crippen LogP contribution in [0.3, 0.4) is 0 Å². The van der Waals surface area contributed by atoms with Crippen LogP contribution in [0.4, 0.5) is 5.69 Å². The van der Waals surface area contributed by atoms with Gasteiger partial charge in [-0.15, -0.1) is 0 Å². The van der Waals surface area contributed by atoms with Crippen LogP contribution in [0, 0.1) is 16.0 Å². The SMILES string of the molecule is CC(NC(=O)c1cccc([N+](=O)[O-])c1)C(=O)N1CCC(NCC2CC2)CC1. The number of amides is 2. The van der Waals surface area contributed by atoms with Gasteiger partial charge in [-0.1, -0.05) is 6.07 Å². The van der Waals surface area contributed by atoms with E-state index in [0.29, 0.717) is 19.1 Å². The number of carbonyl (C=O) groups is 2. The van der Waals surface area contributed by atoms with Crippen molar-refractivity contribution in [2.75, 3.05) is 19.6 Å². The summed E-state index contributed by atoms with van der Waals surface area (Å²) < 4.78 is 0. The summed E-state index contributed by atoms with van der Waals surface area (Å²) in [5.74, 6) is 0.240. The normalized spacial score (nSPS) is 18.8. The Bertz CT molecular complexity index is 711. The Kier molecular flexibility index (Phi) is 6.05. The third-order valence-corrected chi connectivity index (χ3v) is 5.24. The van der Waals surface area contributed by atoms with Crippen LogP contribution in [0.1, 0.15) is 43.0 Å². The van der Waals surface area contributed by atoms with Gasteiger partial charge < -0.3 is 15.5 Å². The number of nitrogens with zero attached hydrogens (tertiary/aromatic N) is 2. The van der Waals surface area contributed by atoms with Crippen LogP contribution >= 0.6 is 0 Å². The highest BCUT2D eigenvalue weighted by molar-refractivity contribution is 5.97. The zero-order valence-electron chi connectivity index (χ0n) is 15.5. The highest BCUT2D eigenvalue weighted by Gasteiger charge is 2.28. The van der Waals surface area contributed by atoms with E-state index in [9.17, 15) is 19.7 Å². The lowest BCUT2D eigenvalue weighted by atomic mass is 10.0. The Morgan fingerprint density at radius 1 is 1.26 bits per heavy atom. The smallest absolute Gasteiger partial charge is 0.270 e. The van der Waals surface area contributed by atoms with Gasteiger partial charge in [-0.25, -0.2) is 0 Å². The molecule has 2 N–H and O–H groups in total. The summed E-state index contributed by atoms with van der Waals surface area (Å²) in [7, 11) is 0. The molecule has 1 unspecified atom stereocenters. The molecule has 8 heteroatoms. The molecule has 3 rings (SSSR count). The molecule has 1 aromatic carbocycles. The van der Waals surface area contributed by atoms with E-state index in [1.54, 1.807) is 11.8 Å². The largest absolute Gasteiger partial charge is 0.341 e. The minimum absolute atomic E-state index is 0.116. The molecule has 0 radical (unpaired) electrons. The molecule has 0 aromatic heterocycles. The average molecular weight is 374 g/mol. The fraction of sp³-hybridized carbons (Fsp3) is 0.579. The van der Waals surface area contributed by atoms with Crippen LogP contribution in [0.2, 0.25) is 0 Å². The van der Waals surface area contributed by atoms with Crippen molar-refractivity contribution < 1.29 is 14.5 Å². The summed E-state index contributed by atoms with van der Waals surface area (Å²) >= 11 is 0. The molecule has 146 valence electrons. The Morgan fingerprint density at radius 2 is 1.96 bits per heavy atom. The lowest BCUT2D eigenvalue weighted by molar-refractivity contribution is -0.384. The highest BCUT2D eigenvalue weighted by Crippen LogP contribution is 2.28. The molecule has 1 aromatic rings. The molecular weight excluding hydrogens is 348 g/mol. The standard InChI is InChI=1S/C19H26N4O4/c1-13(21-18(24)15-3-2-4-17(11-15)23(26)27)19(25)22-9-7-16(8-10-22)20-12-14-5-6-14/h2-4,11,13-14,16,20H,5-10,12H2,1H3,(H,21,24). The second-order valence-corrected chi connectivity index (χ2v) is 7.45. The van der Waals surface area contributed by atoms with Gasteiger partial charge in [-0.05, 0) is 51.1 Å². The minimum atomic E-state index is -0.673. The lowest BCUT2D eigenvalue weighted by Gasteiger charge is -2.34. The third-order valence-electron chi connectivity index (χ3n) is 5.24. The fourth-order valence-corrected chi connectivity index (χ4v) is 3.34. The van der Waals surface area contributed by atoms with Crippen LogP contribution in [0.25, 0.3) is 0 Å². The molecule has 2 aliphatic rings. The Labute approximate surface area is 158 Å². The van der Waals surface area contributed by atoms with Crippen molar-refractivity contribution in [3.63, 3.8) is 0 Å². The van der Waals surface area contributed by atoms with Crippen LogP contribution < -0.4 is 10.6 Å². The molecule has 1 aliphatic heterocycles. The summed E-state index contributed by atoms with van der Waals surface area (Å²) in [5.41, 5.74) is 0.0224. The predicted molar refractivity (Wildman–Crippen MR) is 100 cm³/mol. The van der Waals surface area contributed by atoms with Crippen molar-refractivity contribution in [3.8, 4) is 0 Å². The second kappa shape index (κ2) is 8.47. The van der Waals surface area contributed by atoms with Crippen LogP contribution in [0.5, 0.6) is 0 Å². The van der Waals surface area contributed by atoms with Gasteiger partial charge in [0.25, 0.3) is 11.6 Å². The molecule has 8 nitrogen and oxygen atoms in total. The van der Waals surface area contributed by atoms with Crippen molar-refractivity contribution in [3.05, 3.63) is 39.9 Å². The van der Waals surface area contributed by atoms with Crippen LogP contribution in [-0.4, -0.2) is 53.4 Å². The van der Waals surface area contributed by atoms with E-state index in [-0.39, 0.29) is 17.2 Å². The monoisotopic (exact) mass is 374 g/mol. The summed E-state index contributed by atoms with van der Waals surface area (Å²) in [4.78, 5) is 37.0. The van der Waals surface area contributed by atoms with E-state index >= 15 is 0 Å². The lowest BCUT2D eigenvalue weighted by Crippen LogP contribution is -2.51. The van der Waals surface area contributed by atoms with Gasteiger partial charge >= 0.3 is 0 Å². The van der Waals surface area contributed by atoms with Gasteiger partial charge in [0.2, 0.25) is 5.91 Å². The van der Waals surface area contributed by atoms with Gasteiger partial charge in [0.15, 0.2) is 0 Å². The molecule has 2 amide bonds. The van der Waals surface area contributed by atoms with E-state index in [1.165, 1.54) is 37.1 Å². The molecule has 0 bridgehead atoms. The van der Waals surface area contributed by atoms with Crippen molar-refractivity contribution in [2.24, 2.45) is 5.92 Å². The maximum absolute atomic E-state index is 12.6. The minimum Gasteiger partial charge on any atom is -0.341 e. The van der Waals surface area contributed by atoms with Crippen LogP contribution in [-0.2, 0) is 4.79 Å². The van der Waals surface area contributed by atoms with Gasteiger partial charge in [0.05, 0.1) is 4.92 Å². The number of nitro benzene ring substituents is 1. The third kappa shape index (κ3) is 5.26. The molecule has 0 spiro atoms. The molecule has 1 saturated heterocycles. The molecular formula is C19H26N4O4. The highest BCUT2D eigenvalue weighted by atomic mass is 16.6. The molecule has 27 heavy (non-hydrogen) atoms. The van der Waals surface area contributed by atoms with Gasteiger partial charge in [0, 0.05) is 36.8 Å². The van der Waals surface area contributed by atoms with Crippen LogP contribution in [0.15, 0.2) is 24.3 Å². The maximum atomic E-state index is 12.6. The Hall–Kier alpha value is -2.48. The number of nitro groups is 1. The molecule has 1 atom stereocenters. The number of hydrogen-bond donors (Lipinski definition) is 2. The van der Waals surface area contributed by atoms with Crippen molar-refractivity contribution in [1.29, 1.82) is 0 Å². The first-order valence-corrected chi connectivity index (χ1v) is 9.51. The van der Waals surface area contributed by atoms with E-state index in [4.69, 9.17) is 0 Å². The topological polar surface area (TPSA) is 105 Å². The maximum Gasteiger partial charge on any atom is 0.270 e. The number of carbonyl (C=O) groups excluding carboxylic acids is 2. The van der Waals surface area contributed by atoms with Crippen molar-refractivity contribution in [2.45, 2.75) is 44.7 Å². The first kappa shape index (κ1) is 19.3. The van der Waals surface area contributed by atoms with Crippen molar-refractivity contribution >= 4 is 17.5 Å². The molecule has 1 aliphatic carbocycles. The molecule has 1 heterocycles.